The predicted molar refractivity (Wildman–Crippen MR) is 188 cm³/mol. The average Bonchev–Trinajstić information content (AvgIpc) is 3.83. The van der Waals surface area contributed by atoms with Gasteiger partial charge in [-0.1, -0.05) is 41.0 Å². The summed E-state index contributed by atoms with van der Waals surface area (Å²) >= 11 is 6.63. The number of anilines is 1. The maximum absolute atomic E-state index is 16.9. The summed E-state index contributed by atoms with van der Waals surface area (Å²) in [5, 5.41) is 15.9. The molecule has 0 unspecified atom stereocenters. The van der Waals surface area contributed by atoms with Crippen LogP contribution in [0.2, 0.25) is 5.02 Å². The standard InChI is InChI=1S/C37H35ClF2N9O3/c1-23-42-30(52-45-23)9-10-31(50)48-18-17-46(21-26(48)11-14-41)35-27-12-16-49(29-8-3-6-24-5-2-7-28(38)32(24)29)34(40)33(27)43-36(44-35)51-22-37-13-4-15-47(37)20-25(39)19-37/h2-3,5-10,12,16,25-26H,4,11,13,15,17-22H2,1H3/q+1/b10-9+/t25-,26+,37+/m1/s1. The van der Waals surface area contributed by atoms with Crippen LogP contribution in [0, 0.1) is 24.2 Å². The zero-order valence-electron chi connectivity index (χ0n) is 28.4. The molecule has 8 rings (SSSR count). The van der Waals surface area contributed by atoms with Gasteiger partial charge in [-0.3, -0.25) is 9.69 Å². The number of hydrogen-bond donors (Lipinski definition) is 0. The van der Waals surface area contributed by atoms with Crippen molar-refractivity contribution in [2.24, 2.45) is 0 Å². The van der Waals surface area contributed by atoms with Crippen LogP contribution in [0.3, 0.4) is 0 Å². The first-order valence-electron chi connectivity index (χ1n) is 17.3. The third-order valence-corrected chi connectivity index (χ3v) is 10.6. The van der Waals surface area contributed by atoms with Gasteiger partial charge in [0.1, 0.15) is 18.6 Å². The minimum absolute atomic E-state index is 0.0234. The van der Waals surface area contributed by atoms with Crippen LogP contribution in [-0.4, -0.2) is 92.9 Å². The Balaban J connectivity index is 1.17. The summed E-state index contributed by atoms with van der Waals surface area (Å²) in [5.74, 6) is 0.0981. The Morgan fingerprint density at radius 1 is 1.17 bits per heavy atom. The van der Waals surface area contributed by atoms with E-state index in [9.17, 15) is 14.4 Å². The number of ether oxygens (including phenoxy) is 1. The lowest BCUT2D eigenvalue weighted by molar-refractivity contribution is -0.624. The summed E-state index contributed by atoms with van der Waals surface area (Å²) in [7, 11) is 0. The number of benzene rings is 2. The second kappa shape index (κ2) is 13.7. The highest BCUT2D eigenvalue weighted by Gasteiger charge is 2.49. The molecule has 6 heterocycles. The monoisotopic (exact) mass is 726 g/mol. The summed E-state index contributed by atoms with van der Waals surface area (Å²) < 4.78 is 44.3. The number of alkyl halides is 1. The number of nitriles is 1. The second-order valence-corrected chi connectivity index (χ2v) is 14.0. The highest BCUT2D eigenvalue weighted by Crippen LogP contribution is 2.40. The molecule has 0 spiro atoms. The molecule has 1 amide bonds. The number of pyridine rings is 1. The second-order valence-electron chi connectivity index (χ2n) is 13.6. The van der Waals surface area contributed by atoms with E-state index in [4.69, 9.17) is 25.8 Å². The van der Waals surface area contributed by atoms with E-state index in [2.05, 4.69) is 26.1 Å². The fourth-order valence-corrected chi connectivity index (χ4v) is 8.21. The van der Waals surface area contributed by atoms with Crippen molar-refractivity contribution in [3.8, 4) is 17.8 Å². The molecule has 0 aliphatic carbocycles. The molecule has 266 valence electrons. The number of amides is 1. The summed E-state index contributed by atoms with van der Waals surface area (Å²) in [6.07, 6.45) is 5.62. The van der Waals surface area contributed by atoms with E-state index < -0.39 is 23.7 Å². The lowest BCUT2D eigenvalue weighted by atomic mass is 9.95. The molecule has 0 bridgehead atoms. The number of nitrogens with zero attached hydrogens (tertiary/aromatic N) is 9. The average molecular weight is 727 g/mol. The minimum atomic E-state index is -0.942. The van der Waals surface area contributed by atoms with Crippen molar-refractivity contribution in [1.29, 1.82) is 5.26 Å². The number of carbonyl (C=O) groups excluding carboxylic acids is 1. The lowest BCUT2D eigenvalue weighted by Crippen LogP contribution is -2.55. The number of halogens is 3. The van der Waals surface area contributed by atoms with Crippen molar-refractivity contribution in [2.75, 3.05) is 44.2 Å². The largest absolute Gasteiger partial charge is 0.461 e. The number of hydrogen-bond acceptors (Lipinski definition) is 10. The fourth-order valence-electron chi connectivity index (χ4n) is 7.93. The first-order chi connectivity index (χ1) is 25.2. The zero-order chi connectivity index (χ0) is 36.0. The maximum atomic E-state index is 16.9. The molecule has 3 aromatic heterocycles. The molecule has 3 saturated heterocycles. The maximum Gasteiger partial charge on any atom is 0.392 e. The molecule has 3 aliphatic heterocycles. The van der Waals surface area contributed by atoms with Crippen LogP contribution in [0.15, 0.2) is 59.3 Å². The van der Waals surface area contributed by atoms with Crippen molar-refractivity contribution >= 4 is 51.1 Å². The van der Waals surface area contributed by atoms with E-state index in [1.807, 2.05) is 29.2 Å². The summed E-state index contributed by atoms with van der Waals surface area (Å²) in [6.45, 7) is 3.85. The van der Waals surface area contributed by atoms with Gasteiger partial charge in [0, 0.05) is 56.9 Å². The van der Waals surface area contributed by atoms with E-state index in [1.54, 1.807) is 36.2 Å². The van der Waals surface area contributed by atoms with Gasteiger partial charge in [0.05, 0.1) is 39.9 Å². The molecular weight excluding hydrogens is 692 g/mol. The van der Waals surface area contributed by atoms with Crippen LogP contribution >= 0.6 is 11.6 Å². The summed E-state index contributed by atoms with van der Waals surface area (Å²) in [6, 6.07) is 14.5. The molecule has 3 fully saturated rings. The Labute approximate surface area is 302 Å². The molecule has 52 heavy (non-hydrogen) atoms. The molecule has 2 aromatic carbocycles. The topological polar surface area (TPSA) is 128 Å². The van der Waals surface area contributed by atoms with E-state index >= 15 is 4.39 Å². The normalized spacial score (nSPS) is 22.1. The molecule has 12 nitrogen and oxygen atoms in total. The molecule has 5 aromatic rings. The van der Waals surface area contributed by atoms with Gasteiger partial charge in [-0.2, -0.15) is 20.2 Å². The number of fused-ring (bicyclic) bond motifs is 3. The van der Waals surface area contributed by atoms with Crippen LogP contribution in [-0.2, 0) is 4.79 Å². The van der Waals surface area contributed by atoms with Crippen molar-refractivity contribution in [1.82, 2.24) is 29.9 Å². The summed E-state index contributed by atoms with van der Waals surface area (Å²) in [5.41, 5.74) is 0.0927. The lowest BCUT2D eigenvalue weighted by Gasteiger charge is -2.41. The number of aryl methyl sites for hydroxylation is 1. The zero-order valence-corrected chi connectivity index (χ0v) is 29.1. The number of piperazine rings is 1. The quantitative estimate of drug-likeness (QED) is 0.120. The van der Waals surface area contributed by atoms with Gasteiger partial charge in [0.25, 0.3) is 5.89 Å². The third kappa shape index (κ3) is 6.17. The Hall–Kier alpha value is -5.26. The van der Waals surface area contributed by atoms with E-state index in [1.165, 1.54) is 16.7 Å². The summed E-state index contributed by atoms with van der Waals surface area (Å²) in [4.78, 5) is 32.5. The van der Waals surface area contributed by atoms with Gasteiger partial charge in [-0.25, -0.2) is 4.39 Å². The fraction of sp³-hybridized carbons (Fsp3) is 0.378. The van der Waals surface area contributed by atoms with Crippen molar-refractivity contribution < 1.29 is 27.4 Å². The molecule has 15 heteroatoms. The van der Waals surface area contributed by atoms with Crippen LogP contribution in [0.1, 0.15) is 37.4 Å². The number of carbonyl (C=O) groups is 1. The van der Waals surface area contributed by atoms with Gasteiger partial charge in [-0.05, 0) is 37.8 Å². The number of aromatic nitrogens is 5. The van der Waals surface area contributed by atoms with Gasteiger partial charge in [0.15, 0.2) is 17.5 Å². The van der Waals surface area contributed by atoms with E-state index in [0.717, 1.165) is 24.8 Å². The molecular formula is C37H35ClF2N9O3+. The van der Waals surface area contributed by atoms with Crippen LogP contribution in [0.5, 0.6) is 6.01 Å². The highest BCUT2D eigenvalue weighted by molar-refractivity contribution is 6.36. The predicted octanol–water partition coefficient (Wildman–Crippen LogP) is 5.14. The van der Waals surface area contributed by atoms with Gasteiger partial charge >= 0.3 is 12.0 Å². The molecule has 0 saturated carbocycles. The van der Waals surface area contributed by atoms with E-state index in [-0.39, 0.29) is 49.4 Å². The Morgan fingerprint density at radius 2 is 2.02 bits per heavy atom. The Morgan fingerprint density at radius 3 is 2.83 bits per heavy atom. The Kier molecular flexibility index (Phi) is 8.92. The minimum Gasteiger partial charge on any atom is -0.461 e. The SMILES string of the molecule is Cc1noc(/C=C/C(=O)N2CCN(c3nc(OC[C@@]45CCCN4C[C@H](F)C5)nc4c(F)[n+](-c5cccc6cccc(Cl)c56)ccc34)C[C@@H]2CC#N)n1. The van der Waals surface area contributed by atoms with Crippen LogP contribution in [0.4, 0.5) is 14.6 Å². The highest BCUT2D eigenvalue weighted by atomic mass is 35.5. The molecule has 3 atom stereocenters. The van der Waals surface area contributed by atoms with Crippen LogP contribution < -0.4 is 14.2 Å². The van der Waals surface area contributed by atoms with Gasteiger partial charge < -0.3 is 19.1 Å². The van der Waals surface area contributed by atoms with Crippen LogP contribution in [0.25, 0.3) is 33.4 Å². The van der Waals surface area contributed by atoms with Gasteiger partial charge in [0.2, 0.25) is 11.6 Å². The number of rotatable bonds is 8. The van der Waals surface area contributed by atoms with Crippen molar-refractivity contribution in [2.45, 2.75) is 50.4 Å². The first kappa shape index (κ1) is 33.9. The van der Waals surface area contributed by atoms with E-state index in [0.29, 0.717) is 52.6 Å². The molecule has 3 aliphatic rings. The van der Waals surface area contributed by atoms with Crippen molar-refractivity contribution in [3.63, 3.8) is 0 Å². The molecule has 0 radical (unpaired) electrons. The Bertz CT molecular complexity index is 2260. The third-order valence-electron chi connectivity index (χ3n) is 10.3. The first-order valence-corrected chi connectivity index (χ1v) is 17.6. The molecule has 0 N–H and O–H groups in total. The van der Waals surface area contributed by atoms with Crippen molar-refractivity contribution in [3.05, 3.63) is 77.4 Å². The van der Waals surface area contributed by atoms with Gasteiger partial charge in [-0.15, -0.1) is 8.96 Å². The smallest absolute Gasteiger partial charge is 0.392 e.